The highest BCUT2D eigenvalue weighted by molar-refractivity contribution is 7.20. The summed E-state index contributed by atoms with van der Waals surface area (Å²) in [5, 5.41) is 9.91. The molecule has 1 aromatic carbocycles. The van der Waals surface area contributed by atoms with E-state index in [-0.39, 0.29) is 12.3 Å². The average Bonchev–Trinajstić information content (AvgIpc) is 2.96. The van der Waals surface area contributed by atoms with Gasteiger partial charge in [-0.25, -0.2) is 0 Å². The number of carbonyl (C=O) groups excluding carboxylic acids is 1. The molecule has 1 N–H and O–H groups in total. The first-order chi connectivity index (χ1) is 10.6. The Kier molecular flexibility index (Phi) is 4.43. The van der Waals surface area contributed by atoms with Gasteiger partial charge in [-0.05, 0) is 42.7 Å². The molecule has 22 heavy (non-hydrogen) atoms. The maximum atomic E-state index is 12.7. The van der Waals surface area contributed by atoms with Gasteiger partial charge in [-0.3, -0.25) is 9.59 Å². The van der Waals surface area contributed by atoms with Gasteiger partial charge in [0.05, 0.1) is 4.88 Å². The number of nitrogens with zero attached hydrogens (tertiary/aromatic N) is 1. The minimum atomic E-state index is -0.757. The summed E-state index contributed by atoms with van der Waals surface area (Å²) in [4.78, 5) is 26.0. The Bertz CT molecular complexity index is 661. The predicted octanol–water partition coefficient (Wildman–Crippen LogP) is 3.62. The number of carboxylic acid groups (broad SMARTS) is 1. The fraction of sp³-hybridized carbons (Fsp3) is 0.412. The minimum absolute atomic E-state index is 0.0845. The third-order valence-corrected chi connectivity index (χ3v) is 5.31. The molecule has 1 aliphatic heterocycles. The van der Waals surface area contributed by atoms with E-state index >= 15 is 0 Å². The van der Waals surface area contributed by atoms with Crippen LogP contribution in [-0.2, 0) is 4.79 Å². The SMILES string of the molecule is O=C(O)CC[C@H]1CCCN(C(=O)c2cc3ccccc3s2)C1. The zero-order chi connectivity index (χ0) is 15.5. The van der Waals surface area contributed by atoms with Crippen molar-refractivity contribution in [2.45, 2.75) is 25.7 Å². The second kappa shape index (κ2) is 6.48. The third-order valence-electron chi connectivity index (χ3n) is 4.21. The van der Waals surface area contributed by atoms with Crippen molar-refractivity contribution in [3.05, 3.63) is 35.2 Å². The number of piperidine rings is 1. The number of aliphatic carboxylic acids is 1. The van der Waals surface area contributed by atoms with Crippen LogP contribution in [0.4, 0.5) is 0 Å². The Hall–Kier alpha value is -1.88. The van der Waals surface area contributed by atoms with Gasteiger partial charge in [0.25, 0.3) is 5.91 Å². The Labute approximate surface area is 133 Å². The smallest absolute Gasteiger partial charge is 0.303 e. The topological polar surface area (TPSA) is 57.6 Å². The number of rotatable bonds is 4. The summed E-state index contributed by atoms with van der Waals surface area (Å²) in [5.41, 5.74) is 0. The highest BCUT2D eigenvalue weighted by atomic mass is 32.1. The number of hydrogen-bond donors (Lipinski definition) is 1. The molecule has 0 unspecified atom stereocenters. The number of thiophene rings is 1. The molecule has 1 saturated heterocycles. The van der Waals surface area contributed by atoms with E-state index in [1.165, 1.54) is 11.3 Å². The van der Waals surface area contributed by atoms with Crippen molar-refractivity contribution in [1.29, 1.82) is 0 Å². The van der Waals surface area contributed by atoms with Crippen LogP contribution in [0.2, 0.25) is 0 Å². The first-order valence-electron chi connectivity index (χ1n) is 7.63. The molecule has 0 radical (unpaired) electrons. The van der Waals surface area contributed by atoms with Gasteiger partial charge in [0.2, 0.25) is 0 Å². The first-order valence-corrected chi connectivity index (χ1v) is 8.45. The Morgan fingerprint density at radius 3 is 2.91 bits per heavy atom. The summed E-state index contributed by atoms with van der Waals surface area (Å²) in [6, 6.07) is 9.97. The molecule has 2 heterocycles. The molecule has 2 aromatic rings. The van der Waals surface area contributed by atoms with E-state index in [0.717, 1.165) is 34.3 Å². The molecule has 1 fully saturated rings. The summed E-state index contributed by atoms with van der Waals surface area (Å²) in [6.45, 7) is 1.46. The highest BCUT2D eigenvalue weighted by Gasteiger charge is 2.25. The molecule has 4 nitrogen and oxygen atoms in total. The molecule has 1 amide bonds. The van der Waals surface area contributed by atoms with Crippen LogP contribution in [0.5, 0.6) is 0 Å². The van der Waals surface area contributed by atoms with Gasteiger partial charge in [-0.2, -0.15) is 0 Å². The predicted molar refractivity (Wildman–Crippen MR) is 87.3 cm³/mol. The van der Waals surface area contributed by atoms with Gasteiger partial charge >= 0.3 is 5.97 Å². The Balaban J connectivity index is 1.69. The third kappa shape index (κ3) is 3.30. The van der Waals surface area contributed by atoms with E-state index in [1.807, 2.05) is 35.2 Å². The van der Waals surface area contributed by atoms with Gasteiger partial charge in [0.1, 0.15) is 0 Å². The van der Waals surface area contributed by atoms with Gasteiger partial charge in [0, 0.05) is 24.2 Å². The zero-order valence-corrected chi connectivity index (χ0v) is 13.1. The van der Waals surface area contributed by atoms with Crippen LogP contribution >= 0.6 is 11.3 Å². The van der Waals surface area contributed by atoms with Crippen LogP contribution in [0.1, 0.15) is 35.4 Å². The lowest BCUT2D eigenvalue weighted by atomic mass is 9.93. The maximum absolute atomic E-state index is 12.7. The highest BCUT2D eigenvalue weighted by Crippen LogP contribution is 2.28. The fourth-order valence-electron chi connectivity index (χ4n) is 3.06. The van der Waals surface area contributed by atoms with Crippen LogP contribution in [0.15, 0.2) is 30.3 Å². The average molecular weight is 317 g/mol. The van der Waals surface area contributed by atoms with Crippen molar-refractivity contribution >= 4 is 33.3 Å². The monoisotopic (exact) mass is 317 g/mol. The molecule has 5 heteroatoms. The second-order valence-corrected chi connectivity index (χ2v) is 6.92. The van der Waals surface area contributed by atoms with Gasteiger partial charge in [-0.1, -0.05) is 18.2 Å². The largest absolute Gasteiger partial charge is 0.481 e. The molecule has 3 rings (SSSR count). The van der Waals surface area contributed by atoms with E-state index in [2.05, 4.69) is 0 Å². The minimum Gasteiger partial charge on any atom is -0.481 e. The van der Waals surface area contributed by atoms with Crippen molar-refractivity contribution in [3.63, 3.8) is 0 Å². The standard InChI is InChI=1S/C17H19NO3S/c19-16(20)8-7-12-4-3-9-18(11-12)17(21)15-10-13-5-1-2-6-14(13)22-15/h1-2,5-6,10,12H,3-4,7-9,11H2,(H,19,20)/t12-/m1/s1. The summed E-state index contributed by atoms with van der Waals surface area (Å²) in [7, 11) is 0. The summed E-state index contributed by atoms with van der Waals surface area (Å²) >= 11 is 1.53. The van der Waals surface area contributed by atoms with E-state index in [1.54, 1.807) is 0 Å². The van der Waals surface area contributed by atoms with Crippen molar-refractivity contribution in [2.75, 3.05) is 13.1 Å². The summed E-state index contributed by atoms with van der Waals surface area (Å²) in [6.07, 6.45) is 2.82. The number of hydrogen-bond acceptors (Lipinski definition) is 3. The normalized spacial score (nSPS) is 18.5. The van der Waals surface area contributed by atoms with Gasteiger partial charge < -0.3 is 10.0 Å². The molecule has 1 atom stereocenters. The zero-order valence-electron chi connectivity index (χ0n) is 12.3. The number of carboxylic acids is 1. The van der Waals surface area contributed by atoms with E-state index in [9.17, 15) is 9.59 Å². The Morgan fingerprint density at radius 2 is 2.14 bits per heavy atom. The van der Waals surface area contributed by atoms with Crippen LogP contribution in [0.3, 0.4) is 0 Å². The number of carbonyl (C=O) groups is 2. The molecular weight excluding hydrogens is 298 g/mol. The lowest BCUT2D eigenvalue weighted by molar-refractivity contribution is -0.137. The molecule has 116 valence electrons. The molecule has 0 aliphatic carbocycles. The molecule has 0 spiro atoms. The van der Waals surface area contributed by atoms with Crippen LogP contribution in [0.25, 0.3) is 10.1 Å². The lowest BCUT2D eigenvalue weighted by Crippen LogP contribution is -2.39. The van der Waals surface area contributed by atoms with Crippen molar-refractivity contribution < 1.29 is 14.7 Å². The first kappa shape index (κ1) is 15.0. The van der Waals surface area contributed by atoms with E-state index < -0.39 is 5.97 Å². The van der Waals surface area contributed by atoms with Crippen molar-refractivity contribution in [2.24, 2.45) is 5.92 Å². The second-order valence-electron chi connectivity index (χ2n) is 5.84. The van der Waals surface area contributed by atoms with Gasteiger partial charge in [-0.15, -0.1) is 11.3 Å². The molecule has 1 aliphatic rings. The molecule has 0 saturated carbocycles. The summed E-state index contributed by atoms with van der Waals surface area (Å²) in [5.74, 6) is -0.364. The quantitative estimate of drug-likeness (QED) is 0.937. The number of likely N-dealkylation sites (tertiary alicyclic amines) is 1. The van der Waals surface area contributed by atoms with Crippen LogP contribution in [0, 0.1) is 5.92 Å². The summed E-state index contributed by atoms with van der Waals surface area (Å²) < 4.78 is 1.13. The molecule has 1 aromatic heterocycles. The van der Waals surface area contributed by atoms with Crippen molar-refractivity contribution in [1.82, 2.24) is 4.90 Å². The molecule has 0 bridgehead atoms. The maximum Gasteiger partial charge on any atom is 0.303 e. The fourth-order valence-corrected chi connectivity index (χ4v) is 4.09. The molecular formula is C17H19NO3S. The lowest BCUT2D eigenvalue weighted by Gasteiger charge is -2.32. The van der Waals surface area contributed by atoms with Gasteiger partial charge in [0.15, 0.2) is 0 Å². The van der Waals surface area contributed by atoms with Crippen LogP contribution < -0.4 is 0 Å². The number of benzene rings is 1. The van der Waals surface area contributed by atoms with Crippen molar-refractivity contribution in [3.8, 4) is 0 Å². The van der Waals surface area contributed by atoms with E-state index in [0.29, 0.717) is 18.9 Å². The number of fused-ring (bicyclic) bond motifs is 1. The van der Waals surface area contributed by atoms with Crippen LogP contribution in [-0.4, -0.2) is 35.0 Å². The van der Waals surface area contributed by atoms with E-state index in [4.69, 9.17) is 5.11 Å². The number of amides is 1. The Morgan fingerprint density at radius 1 is 1.32 bits per heavy atom.